The summed E-state index contributed by atoms with van der Waals surface area (Å²) in [5.41, 5.74) is 3.21. The van der Waals surface area contributed by atoms with Crippen molar-refractivity contribution in [2.24, 2.45) is 0 Å². The van der Waals surface area contributed by atoms with Crippen molar-refractivity contribution >= 4 is 27.5 Å². The van der Waals surface area contributed by atoms with Gasteiger partial charge in [-0.25, -0.2) is 0 Å². The molecule has 2 rings (SSSR count). The smallest absolute Gasteiger partial charge is 0.109 e. The lowest BCUT2D eigenvalue weighted by Gasteiger charge is -2.19. The minimum atomic E-state index is 0.690. The van der Waals surface area contributed by atoms with E-state index in [1.807, 2.05) is 31.2 Å². The predicted molar refractivity (Wildman–Crippen MR) is 64.0 cm³/mol. The van der Waals surface area contributed by atoms with E-state index in [4.69, 9.17) is 11.6 Å². The van der Waals surface area contributed by atoms with Crippen LogP contribution in [0.3, 0.4) is 0 Å². The molecule has 0 aromatic rings. The molecule has 1 nitrogen and oxygen atoms in total. The second kappa shape index (κ2) is 3.79. The van der Waals surface area contributed by atoms with E-state index in [0.29, 0.717) is 5.16 Å². The average Bonchev–Trinajstić information content (AvgIpc) is 2.31. The lowest BCUT2D eigenvalue weighted by Crippen LogP contribution is -2.16. The van der Waals surface area contributed by atoms with E-state index >= 15 is 0 Å². The third-order valence-electron chi connectivity index (χ3n) is 2.12. The zero-order valence-corrected chi connectivity index (χ0v) is 9.98. The molecule has 0 bridgehead atoms. The molecule has 0 aromatic carbocycles. The first-order valence-electron chi connectivity index (χ1n) is 4.28. The van der Waals surface area contributed by atoms with Crippen molar-refractivity contribution in [1.29, 1.82) is 0 Å². The van der Waals surface area contributed by atoms with Gasteiger partial charge in [0.2, 0.25) is 0 Å². The monoisotopic (exact) mass is 269 g/mol. The van der Waals surface area contributed by atoms with Crippen LogP contribution in [0.5, 0.6) is 0 Å². The van der Waals surface area contributed by atoms with Gasteiger partial charge in [-0.05, 0) is 30.7 Å². The molecule has 1 heterocycles. The highest BCUT2D eigenvalue weighted by Gasteiger charge is 2.15. The van der Waals surface area contributed by atoms with Gasteiger partial charge in [0.1, 0.15) is 5.16 Å². The minimum Gasteiger partial charge on any atom is -0.345 e. The number of halogens is 2. The molecule has 1 aliphatic heterocycles. The Morgan fingerprint density at radius 1 is 1.29 bits per heavy atom. The molecule has 0 atom stereocenters. The standard InChI is InChI=1S/C11H9BrClN/c1-7-6-8-9(12)4-2-3-5-10(8)14-11(7)13/h2-6,14H,1H3. The van der Waals surface area contributed by atoms with Crippen LogP contribution in [-0.2, 0) is 0 Å². The maximum absolute atomic E-state index is 6.01. The Hall–Kier alpha value is -0.730. The van der Waals surface area contributed by atoms with Crippen LogP contribution in [-0.4, -0.2) is 0 Å². The Morgan fingerprint density at radius 2 is 2.00 bits per heavy atom. The van der Waals surface area contributed by atoms with Gasteiger partial charge >= 0.3 is 0 Å². The molecule has 3 heteroatoms. The third kappa shape index (κ3) is 1.72. The van der Waals surface area contributed by atoms with Crippen LogP contribution in [0.2, 0.25) is 0 Å². The fourth-order valence-corrected chi connectivity index (χ4v) is 1.99. The van der Waals surface area contributed by atoms with Gasteiger partial charge in [0, 0.05) is 15.8 Å². The van der Waals surface area contributed by atoms with Crippen LogP contribution in [0.1, 0.15) is 6.92 Å². The number of hydrogen-bond donors (Lipinski definition) is 1. The topological polar surface area (TPSA) is 12.0 Å². The zero-order chi connectivity index (χ0) is 10.1. The fraction of sp³-hybridized carbons (Fsp3) is 0.0909. The number of allylic oxidation sites excluding steroid dienone is 7. The van der Waals surface area contributed by atoms with Gasteiger partial charge in [-0.15, -0.1) is 0 Å². The highest BCUT2D eigenvalue weighted by Crippen LogP contribution is 2.31. The first kappa shape index (κ1) is 9.81. The van der Waals surface area contributed by atoms with Crippen LogP contribution in [0.25, 0.3) is 0 Å². The summed E-state index contributed by atoms with van der Waals surface area (Å²) in [6.07, 6.45) is 10.1. The second-order valence-electron chi connectivity index (χ2n) is 3.16. The van der Waals surface area contributed by atoms with Crippen LogP contribution in [0.4, 0.5) is 0 Å². The lowest BCUT2D eigenvalue weighted by atomic mass is 10.1. The van der Waals surface area contributed by atoms with Gasteiger partial charge in [-0.2, -0.15) is 0 Å². The number of fused-ring (bicyclic) bond motifs is 1. The summed E-state index contributed by atoms with van der Waals surface area (Å²) in [5, 5.41) is 3.84. The molecule has 0 amide bonds. The molecule has 0 spiro atoms. The van der Waals surface area contributed by atoms with Crippen LogP contribution in [0.15, 0.2) is 56.9 Å². The second-order valence-corrected chi connectivity index (χ2v) is 4.39. The number of rotatable bonds is 0. The summed E-state index contributed by atoms with van der Waals surface area (Å²) < 4.78 is 1.06. The van der Waals surface area contributed by atoms with Crippen molar-refractivity contribution in [2.75, 3.05) is 0 Å². The molecule has 14 heavy (non-hydrogen) atoms. The molecule has 72 valence electrons. The average molecular weight is 271 g/mol. The van der Waals surface area contributed by atoms with E-state index in [-0.39, 0.29) is 0 Å². The number of nitrogens with one attached hydrogen (secondary N) is 1. The number of hydrogen-bond acceptors (Lipinski definition) is 1. The SMILES string of the molecule is CC1=C(Cl)NC2=CC=CC=C(Br)C2=C1. The quantitative estimate of drug-likeness (QED) is 0.662. The van der Waals surface area contributed by atoms with Gasteiger partial charge in [-0.1, -0.05) is 39.7 Å². The maximum Gasteiger partial charge on any atom is 0.109 e. The van der Waals surface area contributed by atoms with Crippen molar-refractivity contribution < 1.29 is 0 Å². The summed E-state index contributed by atoms with van der Waals surface area (Å²) in [7, 11) is 0. The molecule has 0 fully saturated rings. The molecule has 1 aliphatic carbocycles. The summed E-state index contributed by atoms with van der Waals surface area (Å²) in [6, 6.07) is 0. The van der Waals surface area contributed by atoms with Crippen LogP contribution < -0.4 is 5.32 Å². The fourth-order valence-electron chi connectivity index (χ4n) is 1.35. The van der Waals surface area contributed by atoms with Crippen molar-refractivity contribution in [2.45, 2.75) is 6.92 Å². The van der Waals surface area contributed by atoms with Crippen molar-refractivity contribution in [3.05, 3.63) is 56.9 Å². The Balaban J connectivity index is 2.53. The lowest BCUT2D eigenvalue weighted by molar-refractivity contribution is 1.02. The van der Waals surface area contributed by atoms with Gasteiger partial charge in [-0.3, -0.25) is 0 Å². The molecular formula is C11H9BrClN. The number of dihydropyridines is 1. The maximum atomic E-state index is 6.01. The summed E-state index contributed by atoms with van der Waals surface area (Å²) in [6.45, 7) is 1.98. The van der Waals surface area contributed by atoms with E-state index < -0.39 is 0 Å². The van der Waals surface area contributed by atoms with Crippen molar-refractivity contribution in [1.82, 2.24) is 5.32 Å². The minimum absolute atomic E-state index is 0.690. The van der Waals surface area contributed by atoms with Gasteiger partial charge in [0.05, 0.1) is 0 Å². The molecule has 1 N–H and O–H groups in total. The molecule has 0 saturated carbocycles. The van der Waals surface area contributed by atoms with Gasteiger partial charge in [0.25, 0.3) is 0 Å². The molecular weight excluding hydrogens is 261 g/mol. The zero-order valence-electron chi connectivity index (χ0n) is 7.64. The van der Waals surface area contributed by atoms with Crippen LogP contribution >= 0.6 is 27.5 Å². The Morgan fingerprint density at radius 3 is 2.79 bits per heavy atom. The summed E-state index contributed by atoms with van der Waals surface area (Å²) in [5.74, 6) is 0. The van der Waals surface area contributed by atoms with Crippen molar-refractivity contribution in [3.8, 4) is 0 Å². The Bertz CT molecular complexity index is 425. The normalized spacial score (nSPS) is 20.4. The van der Waals surface area contributed by atoms with Crippen LogP contribution in [0, 0.1) is 0 Å². The van der Waals surface area contributed by atoms with Crippen molar-refractivity contribution in [3.63, 3.8) is 0 Å². The largest absolute Gasteiger partial charge is 0.345 e. The molecule has 0 unspecified atom stereocenters. The van der Waals surface area contributed by atoms with Gasteiger partial charge < -0.3 is 5.32 Å². The molecule has 0 aromatic heterocycles. The highest BCUT2D eigenvalue weighted by molar-refractivity contribution is 9.12. The molecule has 2 aliphatic rings. The molecule has 0 radical (unpaired) electrons. The van der Waals surface area contributed by atoms with E-state index in [1.165, 1.54) is 0 Å². The summed E-state index contributed by atoms with van der Waals surface area (Å²) in [4.78, 5) is 0. The van der Waals surface area contributed by atoms with E-state index in [9.17, 15) is 0 Å². The Labute approximate surface area is 96.6 Å². The van der Waals surface area contributed by atoms with E-state index in [2.05, 4.69) is 27.3 Å². The van der Waals surface area contributed by atoms with E-state index in [1.54, 1.807) is 0 Å². The first-order chi connectivity index (χ1) is 6.68. The first-order valence-corrected chi connectivity index (χ1v) is 5.45. The predicted octanol–water partition coefficient (Wildman–Crippen LogP) is 3.72. The van der Waals surface area contributed by atoms with E-state index in [0.717, 1.165) is 21.3 Å². The molecule has 0 saturated heterocycles. The van der Waals surface area contributed by atoms with Gasteiger partial charge in [0.15, 0.2) is 0 Å². The highest BCUT2D eigenvalue weighted by atomic mass is 79.9. The third-order valence-corrected chi connectivity index (χ3v) is 3.20. The summed E-state index contributed by atoms with van der Waals surface area (Å²) >= 11 is 9.53. The Kier molecular flexibility index (Phi) is 2.66.